The summed E-state index contributed by atoms with van der Waals surface area (Å²) in [7, 11) is 0. The molecule has 0 aromatic rings. The normalized spacial score (nSPS) is 11.9. The zero-order chi connectivity index (χ0) is 12.4. The predicted octanol–water partition coefficient (Wildman–Crippen LogP) is 5.22. The van der Waals surface area contributed by atoms with E-state index in [2.05, 4.69) is 19.7 Å². The van der Waals surface area contributed by atoms with Gasteiger partial charge in [-0.25, -0.2) is 0 Å². The molecule has 0 saturated heterocycles. The Balaban J connectivity index is 0. The molecule has 0 aromatic carbocycles. The zero-order valence-corrected chi connectivity index (χ0v) is 10.9. The summed E-state index contributed by atoms with van der Waals surface area (Å²) in [6, 6.07) is 0. The van der Waals surface area contributed by atoms with Crippen molar-refractivity contribution < 1.29 is 0 Å². The van der Waals surface area contributed by atoms with E-state index in [1.807, 2.05) is 52.8 Å². The Hall–Kier alpha value is -1.30. The summed E-state index contributed by atoms with van der Waals surface area (Å²) in [5.74, 6) is 0. The molecular weight excluding hydrogens is 180 g/mol. The van der Waals surface area contributed by atoms with Crippen LogP contribution in [0, 0.1) is 0 Å². The zero-order valence-electron chi connectivity index (χ0n) is 10.9. The first-order valence-electron chi connectivity index (χ1n) is 5.36. The lowest BCUT2D eigenvalue weighted by Gasteiger charge is -2.10. The van der Waals surface area contributed by atoms with Gasteiger partial charge in [0.2, 0.25) is 0 Å². The summed E-state index contributed by atoms with van der Waals surface area (Å²) in [6.45, 7) is 21.5. The van der Waals surface area contributed by atoms with Crippen molar-refractivity contribution in [2.75, 3.05) is 0 Å². The van der Waals surface area contributed by atoms with E-state index in [0.29, 0.717) is 0 Å². The van der Waals surface area contributed by atoms with E-state index in [1.165, 1.54) is 0 Å². The Morgan fingerprint density at radius 2 is 1.47 bits per heavy atom. The van der Waals surface area contributed by atoms with Gasteiger partial charge in [0.1, 0.15) is 0 Å². The monoisotopic (exact) mass is 204 g/mol. The lowest BCUT2D eigenvalue weighted by atomic mass is 9.95. The third kappa shape index (κ3) is 5.21. The highest BCUT2D eigenvalue weighted by atomic mass is 14.1. The maximum atomic E-state index is 3.95. The molecular formula is C15H24. The number of hydrogen-bond acceptors (Lipinski definition) is 0. The van der Waals surface area contributed by atoms with Crippen LogP contribution >= 0.6 is 0 Å². The van der Waals surface area contributed by atoms with Gasteiger partial charge in [0.25, 0.3) is 0 Å². The molecule has 0 bridgehead atoms. The van der Waals surface area contributed by atoms with Crippen LogP contribution in [0.4, 0.5) is 0 Å². The van der Waals surface area contributed by atoms with E-state index in [0.717, 1.165) is 22.3 Å². The standard InChI is InChI=1S/C13H18.C2H6/c1-7-11(6)13(10(4)5)12(8-2)9-3;1-2/h7-9H,1-2,4H2,3,5-6H3;1-2H3/b12-9-,13-11-;. The third-order valence-corrected chi connectivity index (χ3v) is 1.95. The van der Waals surface area contributed by atoms with E-state index in [-0.39, 0.29) is 0 Å². The highest BCUT2D eigenvalue weighted by molar-refractivity contribution is 5.53. The fourth-order valence-electron chi connectivity index (χ4n) is 1.28. The van der Waals surface area contributed by atoms with Gasteiger partial charge in [0.05, 0.1) is 0 Å². The van der Waals surface area contributed by atoms with Gasteiger partial charge in [-0.1, -0.05) is 57.4 Å². The van der Waals surface area contributed by atoms with E-state index >= 15 is 0 Å². The molecule has 0 heteroatoms. The molecule has 0 atom stereocenters. The predicted molar refractivity (Wildman–Crippen MR) is 73.0 cm³/mol. The fraction of sp³-hybridized carbons (Fsp3) is 0.333. The maximum absolute atomic E-state index is 3.95. The number of rotatable bonds is 4. The summed E-state index contributed by atoms with van der Waals surface area (Å²) in [4.78, 5) is 0. The van der Waals surface area contributed by atoms with Gasteiger partial charge in [0.15, 0.2) is 0 Å². The SMILES string of the molecule is C=CC(=C/C)/C(C(=C)C)=C(/C)C=C.CC. The largest absolute Gasteiger partial charge is 0.0988 e. The van der Waals surface area contributed by atoms with Crippen LogP contribution in [0.5, 0.6) is 0 Å². The van der Waals surface area contributed by atoms with Crippen LogP contribution in [0.1, 0.15) is 34.6 Å². The Kier molecular flexibility index (Phi) is 9.97. The molecule has 0 unspecified atom stereocenters. The quantitative estimate of drug-likeness (QED) is 0.550. The average molecular weight is 204 g/mol. The Bertz CT molecular complexity index is 285. The summed E-state index contributed by atoms with van der Waals surface area (Å²) < 4.78 is 0. The Labute approximate surface area is 95.4 Å². The number of hydrogen-bond donors (Lipinski definition) is 0. The maximum Gasteiger partial charge on any atom is -0.0135 e. The van der Waals surface area contributed by atoms with Crippen molar-refractivity contribution in [3.05, 3.63) is 60.3 Å². The van der Waals surface area contributed by atoms with Crippen molar-refractivity contribution in [2.45, 2.75) is 34.6 Å². The van der Waals surface area contributed by atoms with Gasteiger partial charge >= 0.3 is 0 Å². The van der Waals surface area contributed by atoms with Crippen molar-refractivity contribution in [3.8, 4) is 0 Å². The van der Waals surface area contributed by atoms with Crippen molar-refractivity contribution >= 4 is 0 Å². The molecule has 0 nitrogen and oxygen atoms in total. The van der Waals surface area contributed by atoms with Crippen LogP contribution in [-0.4, -0.2) is 0 Å². The Morgan fingerprint density at radius 1 is 1.00 bits per heavy atom. The highest BCUT2D eigenvalue weighted by Crippen LogP contribution is 2.23. The third-order valence-electron chi connectivity index (χ3n) is 1.95. The molecule has 0 aliphatic carbocycles. The molecule has 0 fully saturated rings. The van der Waals surface area contributed by atoms with Crippen LogP contribution in [0.3, 0.4) is 0 Å². The van der Waals surface area contributed by atoms with Crippen LogP contribution in [0.15, 0.2) is 60.3 Å². The lowest BCUT2D eigenvalue weighted by Crippen LogP contribution is -1.91. The first-order chi connectivity index (χ1) is 7.08. The van der Waals surface area contributed by atoms with E-state index < -0.39 is 0 Å². The summed E-state index contributed by atoms with van der Waals surface area (Å²) >= 11 is 0. The molecule has 0 saturated carbocycles. The van der Waals surface area contributed by atoms with E-state index in [9.17, 15) is 0 Å². The second-order valence-electron chi connectivity index (χ2n) is 2.99. The highest BCUT2D eigenvalue weighted by Gasteiger charge is 2.03. The minimum absolute atomic E-state index is 1.05. The van der Waals surface area contributed by atoms with Gasteiger partial charge in [-0.05, 0) is 37.5 Å². The molecule has 0 aliphatic rings. The van der Waals surface area contributed by atoms with Gasteiger partial charge in [-0.3, -0.25) is 0 Å². The Morgan fingerprint density at radius 3 is 1.67 bits per heavy atom. The minimum Gasteiger partial charge on any atom is -0.0988 e. The average Bonchev–Trinajstić information content (AvgIpc) is 2.26. The van der Waals surface area contributed by atoms with Gasteiger partial charge in [-0.2, -0.15) is 0 Å². The van der Waals surface area contributed by atoms with Crippen molar-refractivity contribution in [3.63, 3.8) is 0 Å². The molecule has 15 heavy (non-hydrogen) atoms. The molecule has 0 radical (unpaired) electrons. The van der Waals surface area contributed by atoms with Crippen LogP contribution in [0.2, 0.25) is 0 Å². The fourth-order valence-corrected chi connectivity index (χ4v) is 1.28. The summed E-state index contributed by atoms with van der Waals surface area (Å²) in [5.41, 5.74) is 4.45. The first-order valence-corrected chi connectivity index (χ1v) is 5.36. The molecule has 0 aromatic heterocycles. The van der Waals surface area contributed by atoms with Crippen LogP contribution in [0.25, 0.3) is 0 Å². The van der Waals surface area contributed by atoms with Gasteiger partial charge in [0, 0.05) is 0 Å². The molecule has 0 aliphatic heterocycles. The lowest BCUT2D eigenvalue weighted by molar-refractivity contribution is 1.31. The molecule has 84 valence electrons. The van der Waals surface area contributed by atoms with Gasteiger partial charge in [-0.15, -0.1) is 0 Å². The van der Waals surface area contributed by atoms with Crippen LogP contribution < -0.4 is 0 Å². The smallest absolute Gasteiger partial charge is 0.0135 e. The van der Waals surface area contributed by atoms with Crippen molar-refractivity contribution in [2.24, 2.45) is 0 Å². The van der Waals surface area contributed by atoms with Gasteiger partial charge < -0.3 is 0 Å². The molecule has 0 amide bonds. The summed E-state index contributed by atoms with van der Waals surface area (Å²) in [6.07, 6.45) is 5.72. The van der Waals surface area contributed by atoms with Crippen LogP contribution in [-0.2, 0) is 0 Å². The van der Waals surface area contributed by atoms with Crippen molar-refractivity contribution in [1.29, 1.82) is 0 Å². The second-order valence-corrected chi connectivity index (χ2v) is 2.99. The second kappa shape index (κ2) is 9.26. The minimum atomic E-state index is 1.05. The van der Waals surface area contributed by atoms with Crippen molar-refractivity contribution in [1.82, 2.24) is 0 Å². The molecule has 0 rings (SSSR count). The van der Waals surface area contributed by atoms with E-state index in [1.54, 1.807) is 0 Å². The number of allylic oxidation sites excluding steroid dienone is 7. The molecule has 0 heterocycles. The first kappa shape index (κ1) is 16.1. The molecule has 0 N–H and O–H groups in total. The summed E-state index contributed by atoms with van der Waals surface area (Å²) in [5, 5.41) is 0. The molecule has 0 spiro atoms. The van der Waals surface area contributed by atoms with E-state index in [4.69, 9.17) is 0 Å². The topological polar surface area (TPSA) is 0 Å².